The van der Waals surface area contributed by atoms with E-state index >= 15 is 4.21 Å². The number of ether oxygens (including phenoxy) is 1. The Labute approximate surface area is 585 Å². The lowest BCUT2D eigenvalue weighted by molar-refractivity contribution is -0.145. The largest absolute Gasteiger partial charge is 0.489 e. The number of nitrogens with two attached hydrogens (primary N) is 1. The number of carbonyl (C=O) groups excluding carboxylic acids is 14. The van der Waals surface area contributed by atoms with Crippen LogP contribution in [-0.4, -0.2) is 208 Å². The first-order chi connectivity index (χ1) is 47.1. The Bertz CT molecular complexity index is 3650. The molecule has 7 rings (SSSR count). The van der Waals surface area contributed by atoms with Crippen molar-refractivity contribution in [3.05, 3.63) is 53.6 Å². The minimum absolute atomic E-state index is 0.0437. The number of primary amides is 1. The Balaban J connectivity index is 1.16. The van der Waals surface area contributed by atoms with Gasteiger partial charge in [0, 0.05) is 97.7 Å². The van der Waals surface area contributed by atoms with E-state index < -0.39 is 217 Å². The molecule has 2 fully saturated rings. The molecule has 100 heavy (non-hydrogen) atoms. The van der Waals surface area contributed by atoms with Crippen molar-refractivity contribution < 1.29 is 91.4 Å². The fourth-order valence-corrected chi connectivity index (χ4v) is 15.2. The zero-order valence-electron chi connectivity index (χ0n) is 57.6. The molecule has 0 saturated carbocycles. The number of aromatic amines is 1. The molecule has 4 aliphatic heterocycles. The summed E-state index contributed by atoms with van der Waals surface area (Å²) >= 11 is 1.39. The number of aromatic nitrogens is 1. The Morgan fingerprint density at radius 1 is 0.820 bits per heavy atom. The van der Waals surface area contributed by atoms with Crippen LogP contribution in [0, 0.1) is 35.5 Å². The minimum atomic E-state index is -2.41. The summed E-state index contributed by atoms with van der Waals surface area (Å²) in [6, 6.07) is 4.00. The lowest BCUT2D eigenvalue weighted by atomic mass is 9.85. The van der Waals surface area contributed by atoms with Crippen molar-refractivity contribution in [1.29, 1.82) is 0 Å². The van der Waals surface area contributed by atoms with Crippen LogP contribution in [0.5, 0.6) is 5.75 Å². The van der Waals surface area contributed by atoms with E-state index in [1.807, 2.05) is 20.8 Å². The minimum Gasteiger partial charge on any atom is -0.489 e. The third kappa shape index (κ3) is 20.8. The van der Waals surface area contributed by atoms with Gasteiger partial charge in [0.1, 0.15) is 29.5 Å². The standard InChI is InChI=1S/C68H93N11O19S2/c1-10-34(4)59-64(94)71-27-55(88)73-46-32-100(97)65-44(20-38(62(92)70-28-56(89)76-59)21-50(84)60(36(6)51(85)30-80)77-63(93)47-24-41(81)29-79(47)66(95)39(22-48(46)82)23-53(69)86)43-16-15-42(25-45(43)74-65)98-31-37-11-13-40(14-12-37)72-61(91)35(5)19-49(83)58(33(2)3)75-54(87)17-18-78-57(90)26-52(67(78)96)99-68(7,8)9/h11-16,25,33-36,38-39,41,46-47,51-52,58-60,74,80-81,85H,10,17-24,26-32H2,1-9H3,(H2,69,86)(H,70,92)(H,71,94)(H,72,91)(H,73,88)(H,75,87)(H,76,89)(H,77,93)/t34-,35+,36-,38+,39-,41+,46-,47-,51-,52?,58-,59-,60-,100?/m0/s1. The van der Waals surface area contributed by atoms with Crippen molar-refractivity contribution in [2.75, 3.05) is 43.9 Å². The van der Waals surface area contributed by atoms with Gasteiger partial charge in [-0.05, 0) is 53.6 Å². The molecule has 1 aromatic heterocycles. The first-order valence-corrected chi connectivity index (χ1v) is 35.7. The van der Waals surface area contributed by atoms with E-state index in [9.17, 15) is 82.4 Å². The number of fused-ring (bicyclic) bond motifs is 5. The van der Waals surface area contributed by atoms with Gasteiger partial charge in [0.15, 0.2) is 17.3 Å². The monoisotopic (exact) mass is 1430 g/mol. The average molecular weight is 1430 g/mol. The maximum atomic E-state index is 15.3. The Hall–Kier alpha value is -8.46. The summed E-state index contributed by atoms with van der Waals surface area (Å²) in [5.41, 5.74) is 7.01. The number of ketones is 3. The smallest absolute Gasteiger partial charge is 0.243 e. The summed E-state index contributed by atoms with van der Waals surface area (Å²) < 4.78 is 21.2. The molecule has 2 unspecified atom stereocenters. The number of likely N-dealkylation sites (tertiary alicyclic amines) is 1. The molecule has 32 heteroatoms. The van der Waals surface area contributed by atoms with Crippen molar-refractivity contribution in [3.8, 4) is 5.75 Å². The molecule has 4 aliphatic rings. The number of aliphatic hydroxyl groups is 3. The molecule has 11 amide bonds. The Morgan fingerprint density at radius 3 is 2.13 bits per heavy atom. The zero-order valence-corrected chi connectivity index (χ0v) is 59.2. The first kappa shape index (κ1) is 78.9. The van der Waals surface area contributed by atoms with Gasteiger partial charge in [0.2, 0.25) is 65.0 Å². The van der Waals surface area contributed by atoms with Crippen molar-refractivity contribution in [2.45, 2.75) is 184 Å². The van der Waals surface area contributed by atoms with Crippen LogP contribution in [0.3, 0.4) is 0 Å². The van der Waals surface area contributed by atoms with Crippen LogP contribution in [0.15, 0.2) is 47.5 Å². The molecule has 5 heterocycles. The number of carbonyl (C=O) groups is 14. The summed E-state index contributed by atoms with van der Waals surface area (Å²) in [4.78, 5) is 199. The second kappa shape index (κ2) is 34.7. The molecule has 2 aromatic carbocycles. The van der Waals surface area contributed by atoms with Gasteiger partial charge in [-0.25, -0.2) is 0 Å². The number of Topliss-reactive ketones (excluding diaryl/α,β-unsaturated/α-hetero) is 3. The van der Waals surface area contributed by atoms with Crippen molar-refractivity contribution in [2.24, 2.45) is 41.2 Å². The number of imide groups is 1. The van der Waals surface area contributed by atoms with Gasteiger partial charge in [-0.2, -0.15) is 0 Å². The number of hydrogen-bond donors (Lipinski definition) is 12. The maximum Gasteiger partial charge on any atom is 0.243 e. The van der Waals surface area contributed by atoms with E-state index in [-0.39, 0.29) is 82.5 Å². The summed E-state index contributed by atoms with van der Waals surface area (Å²) in [5, 5.41) is 49.9. The first-order valence-electron chi connectivity index (χ1n) is 33.5. The van der Waals surface area contributed by atoms with E-state index in [0.29, 0.717) is 23.1 Å². The topological polar surface area (TPSA) is 458 Å². The average Bonchev–Trinajstić information content (AvgIpc) is 1.62. The van der Waals surface area contributed by atoms with E-state index in [0.717, 1.165) is 9.80 Å². The zero-order chi connectivity index (χ0) is 73.8. The SMILES string of the molecule is CC[C@H](C)[C@@H]1NC(=O)CNC(=O)[C@H]2CC(=O)[C@H]([C@@H](C)[C@@H](O)CO)NC(=O)[C@@H]3C[C@@H](O)CN3C(=O)[C@H](CC(N)=O)CC(=O)[C@H](CS(=O)c3[nH]c4cc(OCc5ccc(NC(=O)[C@H](C)CC(=O)[C@@H](NC(=O)CCN6C(=O)CC(SC(C)(C)C)C6=O)C(C)C)cc5)ccc4c3C2)NC(=O)CNC1=O. The number of H-pyrrole nitrogens is 1. The van der Waals surface area contributed by atoms with Crippen LogP contribution in [0.25, 0.3) is 10.9 Å². The number of nitrogens with zero attached hydrogens (tertiary/aromatic N) is 2. The van der Waals surface area contributed by atoms with Crippen LogP contribution < -0.4 is 47.7 Å². The molecule has 0 aliphatic carbocycles. The van der Waals surface area contributed by atoms with Gasteiger partial charge in [0.25, 0.3) is 0 Å². The molecular formula is C68H93N11O19S2. The number of benzene rings is 2. The van der Waals surface area contributed by atoms with Crippen LogP contribution >= 0.6 is 11.8 Å². The molecule has 2 bridgehead atoms. The van der Waals surface area contributed by atoms with Crippen LogP contribution in [0.1, 0.15) is 125 Å². The number of aliphatic hydroxyl groups excluding tert-OH is 3. The Morgan fingerprint density at radius 2 is 1.49 bits per heavy atom. The highest BCUT2D eigenvalue weighted by molar-refractivity contribution is 8.01. The molecule has 0 radical (unpaired) electrons. The number of rotatable bonds is 21. The molecule has 3 aromatic rings. The van der Waals surface area contributed by atoms with E-state index in [2.05, 4.69) is 42.2 Å². The number of hydrogen-bond acceptors (Lipinski definition) is 20. The van der Waals surface area contributed by atoms with E-state index in [4.69, 9.17) is 10.5 Å². The molecule has 2 saturated heterocycles. The van der Waals surface area contributed by atoms with Crippen molar-refractivity contribution in [3.63, 3.8) is 0 Å². The predicted octanol–water partition coefficient (Wildman–Crippen LogP) is -0.142. The van der Waals surface area contributed by atoms with Crippen molar-refractivity contribution >= 4 is 121 Å². The third-order valence-electron chi connectivity index (χ3n) is 18.3. The van der Waals surface area contributed by atoms with Crippen LogP contribution in [-0.2, 0) is 91.0 Å². The summed E-state index contributed by atoms with van der Waals surface area (Å²) in [6.07, 6.45) is -6.31. The van der Waals surface area contributed by atoms with E-state index in [1.54, 1.807) is 71.0 Å². The van der Waals surface area contributed by atoms with Crippen LogP contribution in [0.4, 0.5) is 5.69 Å². The summed E-state index contributed by atoms with van der Waals surface area (Å²) in [6.45, 7) is 12.5. The van der Waals surface area contributed by atoms with Crippen LogP contribution in [0.2, 0.25) is 0 Å². The maximum absolute atomic E-state index is 15.3. The molecular weight excluding hydrogens is 1340 g/mol. The molecule has 0 spiro atoms. The van der Waals surface area contributed by atoms with Gasteiger partial charge >= 0.3 is 0 Å². The molecule has 30 nitrogen and oxygen atoms in total. The van der Waals surface area contributed by atoms with Crippen molar-refractivity contribution in [1.82, 2.24) is 46.7 Å². The molecule has 14 atom stereocenters. The quantitative estimate of drug-likeness (QED) is 0.0618. The predicted molar refractivity (Wildman–Crippen MR) is 365 cm³/mol. The highest BCUT2D eigenvalue weighted by Crippen LogP contribution is 2.36. The fourth-order valence-electron chi connectivity index (χ4n) is 12.5. The lowest BCUT2D eigenvalue weighted by Gasteiger charge is -2.32. The molecule has 13 N–H and O–H groups in total. The fraction of sp³-hybridized carbons (Fsp3) is 0.588. The second-order valence-electron chi connectivity index (χ2n) is 27.6. The highest BCUT2D eigenvalue weighted by atomic mass is 32.2. The summed E-state index contributed by atoms with van der Waals surface area (Å²) in [5.74, 6) is -17.3. The summed E-state index contributed by atoms with van der Waals surface area (Å²) in [7, 11) is -2.41. The van der Waals surface area contributed by atoms with Gasteiger partial charge in [-0.3, -0.25) is 76.2 Å². The van der Waals surface area contributed by atoms with Gasteiger partial charge < -0.3 is 72.9 Å². The van der Waals surface area contributed by atoms with Gasteiger partial charge in [-0.15, -0.1) is 11.8 Å². The van der Waals surface area contributed by atoms with Gasteiger partial charge in [0.05, 0.1) is 83.3 Å². The Kier molecular flexibility index (Phi) is 27.4. The third-order valence-corrected chi connectivity index (χ3v) is 21.1. The highest BCUT2D eigenvalue weighted by Gasteiger charge is 2.46. The normalized spacial score (nSPS) is 24.9. The number of thioether (sulfide) groups is 1. The van der Waals surface area contributed by atoms with E-state index in [1.165, 1.54) is 24.8 Å². The number of anilines is 1. The lowest BCUT2D eigenvalue weighted by Crippen LogP contribution is -2.56. The second-order valence-corrected chi connectivity index (χ2v) is 31.1. The number of amides is 11. The molecule has 546 valence electrons. The van der Waals surface area contributed by atoms with Gasteiger partial charge in [-0.1, -0.05) is 80.9 Å². The number of nitrogens with one attached hydrogen (secondary N) is 8.